The molecule has 1 heterocycles. The fraction of sp³-hybridized carbons (Fsp3) is 0.500. The SMILES string of the molecule is CC(C)c1ncn(C)c(=O)c1Br. The van der Waals surface area contributed by atoms with E-state index >= 15 is 0 Å². The first-order valence-corrected chi connectivity index (χ1v) is 4.54. The molecule has 0 spiro atoms. The maximum atomic E-state index is 11.4. The Kier molecular flexibility index (Phi) is 2.67. The molecule has 0 aromatic carbocycles. The van der Waals surface area contributed by atoms with E-state index in [9.17, 15) is 4.79 Å². The second-order valence-electron chi connectivity index (χ2n) is 3.01. The van der Waals surface area contributed by atoms with E-state index in [-0.39, 0.29) is 11.5 Å². The van der Waals surface area contributed by atoms with E-state index in [4.69, 9.17) is 0 Å². The molecule has 0 saturated carbocycles. The molecular formula is C8H11BrN2O. The topological polar surface area (TPSA) is 34.9 Å². The second kappa shape index (κ2) is 3.39. The van der Waals surface area contributed by atoms with Crippen molar-refractivity contribution >= 4 is 15.9 Å². The lowest BCUT2D eigenvalue weighted by Crippen LogP contribution is -2.20. The summed E-state index contributed by atoms with van der Waals surface area (Å²) in [4.78, 5) is 15.5. The third-order valence-corrected chi connectivity index (χ3v) is 2.40. The maximum Gasteiger partial charge on any atom is 0.267 e. The quantitative estimate of drug-likeness (QED) is 0.736. The van der Waals surface area contributed by atoms with Gasteiger partial charge in [0.25, 0.3) is 5.56 Å². The molecule has 4 heteroatoms. The van der Waals surface area contributed by atoms with Crippen LogP contribution in [0.2, 0.25) is 0 Å². The zero-order valence-electron chi connectivity index (χ0n) is 7.34. The lowest BCUT2D eigenvalue weighted by atomic mass is 10.1. The normalized spacial score (nSPS) is 10.8. The predicted molar refractivity (Wildman–Crippen MR) is 51.3 cm³/mol. The number of nitrogens with zero attached hydrogens (tertiary/aromatic N) is 2. The fourth-order valence-corrected chi connectivity index (χ4v) is 1.76. The molecule has 0 fully saturated rings. The van der Waals surface area contributed by atoms with Crippen LogP contribution in [0.1, 0.15) is 25.5 Å². The highest BCUT2D eigenvalue weighted by Gasteiger charge is 2.09. The van der Waals surface area contributed by atoms with Crippen LogP contribution in [0.4, 0.5) is 0 Å². The van der Waals surface area contributed by atoms with Crippen LogP contribution in [0.15, 0.2) is 15.6 Å². The zero-order valence-corrected chi connectivity index (χ0v) is 8.92. The summed E-state index contributed by atoms with van der Waals surface area (Å²) in [5.41, 5.74) is 0.784. The molecule has 1 aromatic rings. The van der Waals surface area contributed by atoms with Gasteiger partial charge >= 0.3 is 0 Å². The molecule has 0 aliphatic rings. The Morgan fingerprint density at radius 2 is 2.17 bits per heavy atom. The highest BCUT2D eigenvalue weighted by Crippen LogP contribution is 2.17. The number of hydrogen-bond donors (Lipinski definition) is 0. The van der Waals surface area contributed by atoms with Crippen LogP contribution in [0.3, 0.4) is 0 Å². The van der Waals surface area contributed by atoms with Crippen molar-refractivity contribution in [2.75, 3.05) is 0 Å². The zero-order chi connectivity index (χ0) is 9.30. The van der Waals surface area contributed by atoms with E-state index in [0.717, 1.165) is 5.69 Å². The van der Waals surface area contributed by atoms with Gasteiger partial charge in [0.2, 0.25) is 0 Å². The number of hydrogen-bond acceptors (Lipinski definition) is 2. The minimum Gasteiger partial charge on any atom is -0.301 e. The first-order valence-electron chi connectivity index (χ1n) is 3.75. The van der Waals surface area contributed by atoms with Gasteiger partial charge in [-0.3, -0.25) is 4.79 Å². The summed E-state index contributed by atoms with van der Waals surface area (Å²) in [6.07, 6.45) is 1.54. The third-order valence-electron chi connectivity index (χ3n) is 1.65. The summed E-state index contributed by atoms with van der Waals surface area (Å²) >= 11 is 3.24. The highest BCUT2D eigenvalue weighted by atomic mass is 79.9. The summed E-state index contributed by atoms with van der Waals surface area (Å²) in [6.45, 7) is 4.01. The maximum absolute atomic E-state index is 11.4. The fourth-order valence-electron chi connectivity index (χ4n) is 0.925. The van der Waals surface area contributed by atoms with Crippen LogP contribution in [0, 0.1) is 0 Å². The summed E-state index contributed by atoms with van der Waals surface area (Å²) in [5.74, 6) is 0.272. The van der Waals surface area contributed by atoms with Gasteiger partial charge in [-0.15, -0.1) is 0 Å². The van der Waals surface area contributed by atoms with Crippen LogP contribution >= 0.6 is 15.9 Å². The van der Waals surface area contributed by atoms with Gasteiger partial charge in [0.05, 0.1) is 12.0 Å². The molecule has 0 aliphatic heterocycles. The lowest BCUT2D eigenvalue weighted by molar-refractivity contribution is 0.745. The average Bonchev–Trinajstić information content (AvgIpc) is 2.00. The summed E-state index contributed by atoms with van der Waals surface area (Å²) in [5, 5.41) is 0. The molecule has 0 unspecified atom stereocenters. The molecular weight excluding hydrogens is 220 g/mol. The van der Waals surface area contributed by atoms with Crippen molar-refractivity contribution in [1.29, 1.82) is 0 Å². The molecule has 0 radical (unpaired) electrons. The Hall–Kier alpha value is -0.640. The largest absolute Gasteiger partial charge is 0.301 e. The van der Waals surface area contributed by atoms with Gasteiger partial charge < -0.3 is 4.57 Å². The number of aryl methyl sites for hydroxylation is 1. The summed E-state index contributed by atoms with van der Waals surface area (Å²) in [6, 6.07) is 0. The van der Waals surface area contributed by atoms with E-state index < -0.39 is 0 Å². The van der Waals surface area contributed by atoms with Crippen molar-refractivity contribution in [3.63, 3.8) is 0 Å². The van der Waals surface area contributed by atoms with Gasteiger partial charge in [-0.1, -0.05) is 13.8 Å². The van der Waals surface area contributed by atoms with Crippen molar-refractivity contribution in [3.8, 4) is 0 Å². The van der Waals surface area contributed by atoms with Gasteiger partial charge in [0.1, 0.15) is 4.47 Å². The van der Waals surface area contributed by atoms with Crippen molar-refractivity contribution < 1.29 is 0 Å². The molecule has 0 N–H and O–H groups in total. The standard InChI is InChI=1S/C8H11BrN2O/c1-5(2)7-6(9)8(12)11(3)4-10-7/h4-5H,1-3H3. The molecule has 66 valence electrons. The van der Waals surface area contributed by atoms with Crippen LogP contribution in [-0.2, 0) is 7.05 Å². The minimum absolute atomic E-state index is 0.0336. The van der Waals surface area contributed by atoms with Crippen molar-refractivity contribution in [3.05, 3.63) is 26.8 Å². The minimum atomic E-state index is -0.0336. The van der Waals surface area contributed by atoms with E-state index in [0.29, 0.717) is 4.47 Å². The third kappa shape index (κ3) is 1.58. The van der Waals surface area contributed by atoms with E-state index in [2.05, 4.69) is 20.9 Å². The molecule has 0 aliphatic carbocycles. The van der Waals surface area contributed by atoms with Crippen LogP contribution in [-0.4, -0.2) is 9.55 Å². The first kappa shape index (κ1) is 9.45. The molecule has 1 aromatic heterocycles. The summed E-state index contributed by atoms with van der Waals surface area (Å²) in [7, 11) is 1.68. The molecule has 1 rings (SSSR count). The first-order chi connectivity index (χ1) is 5.54. The molecule has 12 heavy (non-hydrogen) atoms. The molecule has 3 nitrogen and oxygen atoms in total. The molecule has 0 bridgehead atoms. The molecule has 0 atom stereocenters. The van der Waals surface area contributed by atoms with Crippen molar-refractivity contribution in [2.45, 2.75) is 19.8 Å². The van der Waals surface area contributed by atoms with E-state index in [1.165, 1.54) is 4.57 Å². The van der Waals surface area contributed by atoms with Gasteiger partial charge in [0, 0.05) is 7.05 Å². The van der Waals surface area contributed by atoms with Crippen molar-refractivity contribution in [1.82, 2.24) is 9.55 Å². The monoisotopic (exact) mass is 230 g/mol. The number of halogens is 1. The molecule has 0 amide bonds. The Balaban J connectivity index is 3.37. The Bertz CT molecular complexity index is 343. The van der Waals surface area contributed by atoms with Crippen LogP contribution < -0.4 is 5.56 Å². The Morgan fingerprint density at radius 3 is 2.67 bits per heavy atom. The van der Waals surface area contributed by atoms with Gasteiger partial charge in [0.15, 0.2) is 0 Å². The predicted octanol–water partition coefficient (Wildman–Crippen LogP) is 1.67. The van der Waals surface area contributed by atoms with Crippen LogP contribution in [0.5, 0.6) is 0 Å². The number of rotatable bonds is 1. The van der Waals surface area contributed by atoms with Crippen molar-refractivity contribution in [2.24, 2.45) is 7.05 Å². The van der Waals surface area contributed by atoms with E-state index in [1.807, 2.05) is 13.8 Å². The lowest BCUT2D eigenvalue weighted by Gasteiger charge is -2.06. The Labute approximate surface area is 79.6 Å². The van der Waals surface area contributed by atoms with E-state index in [1.54, 1.807) is 13.4 Å². The van der Waals surface area contributed by atoms with Gasteiger partial charge in [-0.05, 0) is 21.8 Å². The average molecular weight is 231 g/mol. The molecule has 0 saturated heterocycles. The smallest absolute Gasteiger partial charge is 0.267 e. The highest BCUT2D eigenvalue weighted by molar-refractivity contribution is 9.10. The summed E-state index contributed by atoms with van der Waals surface area (Å²) < 4.78 is 2.03. The second-order valence-corrected chi connectivity index (χ2v) is 3.81. The van der Waals surface area contributed by atoms with Gasteiger partial charge in [-0.2, -0.15) is 0 Å². The van der Waals surface area contributed by atoms with Gasteiger partial charge in [-0.25, -0.2) is 4.98 Å². The Morgan fingerprint density at radius 1 is 1.58 bits per heavy atom. The van der Waals surface area contributed by atoms with Crippen LogP contribution in [0.25, 0.3) is 0 Å². The number of aromatic nitrogens is 2.